The van der Waals surface area contributed by atoms with E-state index in [1.807, 2.05) is 0 Å². The van der Waals surface area contributed by atoms with Gasteiger partial charge in [-0.2, -0.15) is 0 Å². The number of hydrogen-bond acceptors (Lipinski definition) is 3. The summed E-state index contributed by atoms with van der Waals surface area (Å²) in [7, 11) is 0. The van der Waals surface area contributed by atoms with Gasteiger partial charge >= 0.3 is 0 Å². The number of nitrogens with zero attached hydrogens (tertiary/aromatic N) is 1. The van der Waals surface area contributed by atoms with Gasteiger partial charge in [0.2, 0.25) is 0 Å². The molecule has 20 heavy (non-hydrogen) atoms. The van der Waals surface area contributed by atoms with Gasteiger partial charge in [-0.05, 0) is 30.3 Å². The van der Waals surface area contributed by atoms with Crippen molar-refractivity contribution < 1.29 is 13.7 Å². The molecule has 0 saturated carbocycles. The number of hydrogen-bond donors (Lipinski definition) is 1. The molecule has 0 aromatic heterocycles. The van der Waals surface area contributed by atoms with Crippen LogP contribution in [0.25, 0.3) is 0 Å². The van der Waals surface area contributed by atoms with Gasteiger partial charge in [-0.3, -0.25) is 10.1 Å². The Kier molecular flexibility index (Phi) is 4.29. The lowest BCUT2D eigenvalue weighted by Gasteiger charge is -2.08. The smallest absolute Gasteiger partial charge is 0.293 e. The van der Waals surface area contributed by atoms with E-state index in [1.54, 1.807) is 6.07 Å². The Morgan fingerprint density at radius 3 is 2.65 bits per heavy atom. The number of nitro benzene ring substituents is 1. The van der Waals surface area contributed by atoms with Crippen molar-refractivity contribution in [3.63, 3.8) is 0 Å². The first-order chi connectivity index (χ1) is 9.47. The van der Waals surface area contributed by atoms with Crippen LogP contribution in [0.3, 0.4) is 0 Å². The normalized spacial score (nSPS) is 10.3. The minimum atomic E-state index is -0.571. The van der Waals surface area contributed by atoms with Crippen molar-refractivity contribution in [3.8, 4) is 0 Å². The molecular formula is C13H9BrF2N2O2. The number of nitro groups is 1. The van der Waals surface area contributed by atoms with E-state index in [0.29, 0.717) is 4.47 Å². The molecule has 2 aromatic rings. The van der Waals surface area contributed by atoms with Crippen LogP contribution in [0, 0.1) is 21.7 Å². The van der Waals surface area contributed by atoms with Crippen LogP contribution in [0.1, 0.15) is 5.56 Å². The van der Waals surface area contributed by atoms with Gasteiger partial charge < -0.3 is 5.32 Å². The molecule has 0 saturated heterocycles. The van der Waals surface area contributed by atoms with Crippen molar-refractivity contribution in [1.29, 1.82) is 0 Å². The molecule has 4 nitrogen and oxygen atoms in total. The van der Waals surface area contributed by atoms with Crippen LogP contribution in [0.5, 0.6) is 0 Å². The SMILES string of the molecule is O=[N+]([O-])c1cc(Br)ccc1NCc1cc(F)ccc1F. The highest BCUT2D eigenvalue weighted by Gasteiger charge is 2.14. The van der Waals surface area contributed by atoms with Gasteiger partial charge in [0, 0.05) is 22.6 Å². The topological polar surface area (TPSA) is 55.2 Å². The van der Waals surface area contributed by atoms with Crippen molar-refractivity contribution in [1.82, 2.24) is 0 Å². The van der Waals surface area contributed by atoms with Crippen molar-refractivity contribution >= 4 is 27.3 Å². The zero-order valence-corrected chi connectivity index (χ0v) is 11.7. The lowest BCUT2D eigenvalue weighted by Crippen LogP contribution is -2.04. The minimum absolute atomic E-state index is 0.0495. The molecule has 0 aliphatic carbocycles. The average molecular weight is 343 g/mol. The molecule has 2 aromatic carbocycles. The number of nitrogens with one attached hydrogen (secondary N) is 1. The van der Waals surface area contributed by atoms with Gasteiger partial charge in [-0.25, -0.2) is 8.78 Å². The molecule has 0 radical (unpaired) electrons. The molecule has 0 heterocycles. The molecule has 7 heteroatoms. The fourth-order valence-corrected chi connectivity index (χ4v) is 2.02. The molecule has 0 spiro atoms. The quantitative estimate of drug-likeness (QED) is 0.667. The molecule has 0 aliphatic rings. The Morgan fingerprint density at radius 2 is 1.95 bits per heavy atom. The van der Waals surface area contributed by atoms with Gasteiger partial charge in [0.1, 0.15) is 17.3 Å². The Hall–Kier alpha value is -2.02. The zero-order valence-electron chi connectivity index (χ0n) is 10.1. The van der Waals surface area contributed by atoms with Gasteiger partial charge in [-0.15, -0.1) is 0 Å². The third kappa shape index (κ3) is 3.30. The first-order valence-electron chi connectivity index (χ1n) is 5.59. The Labute approximate surface area is 121 Å². The summed E-state index contributed by atoms with van der Waals surface area (Å²) < 4.78 is 27.0. The number of anilines is 1. The molecule has 0 fully saturated rings. The highest BCUT2D eigenvalue weighted by molar-refractivity contribution is 9.10. The second-order valence-electron chi connectivity index (χ2n) is 4.01. The predicted octanol–water partition coefficient (Wildman–Crippen LogP) is 4.25. The fraction of sp³-hybridized carbons (Fsp3) is 0.0769. The second-order valence-corrected chi connectivity index (χ2v) is 4.92. The van der Waals surface area contributed by atoms with Gasteiger partial charge in [0.15, 0.2) is 0 Å². The Bertz CT molecular complexity index is 665. The van der Waals surface area contributed by atoms with E-state index >= 15 is 0 Å². The van der Waals surface area contributed by atoms with Crippen LogP contribution in [0.4, 0.5) is 20.2 Å². The zero-order chi connectivity index (χ0) is 14.7. The van der Waals surface area contributed by atoms with Crippen molar-refractivity contribution in [2.45, 2.75) is 6.54 Å². The summed E-state index contributed by atoms with van der Waals surface area (Å²) >= 11 is 3.14. The van der Waals surface area contributed by atoms with Gasteiger partial charge in [0.05, 0.1) is 4.92 Å². The monoisotopic (exact) mass is 342 g/mol. The molecule has 0 atom stereocenters. The lowest BCUT2D eigenvalue weighted by molar-refractivity contribution is -0.384. The Morgan fingerprint density at radius 1 is 1.20 bits per heavy atom. The van der Waals surface area contributed by atoms with Crippen molar-refractivity contribution in [2.75, 3.05) is 5.32 Å². The maximum Gasteiger partial charge on any atom is 0.293 e. The molecule has 2 rings (SSSR count). The predicted molar refractivity (Wildman–Crippen MR) is 74.5 cm³/mol. The first kappa shape index (κ1) is 14.4. The Balaban J connectivity index is 2.23. The first-order valence-corrected chi connectivity index (χ1v) is 6.38. The van der Waals surface area contributed by atoms with E-state index in [-0.39, 0.29) is 23.5 Å². The maximum absolute atomic E-state index is 13.4. The summed E-state index contributed by atoms with van der Waals surface area (Å²) in [6, 6.07) is 7.54. The second kappa shape index (κ2) is 5.96. The lowest BCUT2D eigenvalue weighted by atomic mass is 10.2. The molecule has 1 N–H and O–H groups in total. The highest BCUT2D eigenvalue weighted by atomic mass is 79.9. The van der Waals surface area contributed by atoms with Crippen molar-refractivity contribution in [3.05, 3.63) is 68.2 Å². The fourth-order valence-electron chi connectivity index (χ4n) is 1.67. The van der Waals surface area contributed by atoms with Crippen LogP contribution in [0.15, 0.2) is 40.9 Å². The third-order valence-electron chi connectivity index (χ3n) is 2.63. The van der Waals surface area contributed by atoms with Crippen LogP contribution in [-0.4, -0.2) is 4.92 Å². The molecule has 0 bridgehead atoms. The molecule has 104 valence electrons. The van der Waals surface area contributed by atoms with E-state index in [0.717, 1.165) is 18.2 Å². The van der Waals surface area contributed by atoms with Crippen LogP contribution >= 0.6 is 15.9 Å². The molecular weight excluding hydrogens is 334 g/mol. The van der Waals surface area contributed by atoms with Gasteiger partial charge in [0.25, 0.3) is 5.69 Å². The summed E-state index contributed by atoms with van der Waals surface area (Å²) in [6.07, 6.45) is 0. The number of halogens is 3. The summed E-state index contributed by atoms with van der Waals surface area (Å²) in [4.78, 5) is 10.4. The summed E-state index contributed by atoms with van der Waals surface area (Å²) in [6.45, 7) is -0.0495. The highest BCUT2D eigenvalue weighted by Crippen LogP contribution is 2.28. The minimum Gasteiger partial charge on any atom is -0.375 e. The summed E-state index contributed by atoms with van der Waals surface area (Å²) in [5, 5.41) is 13.7. The molecule has 0 amide bonds. The van der Waals surface area contributed by atoms with E-state index in [9.17, 15) is 18.9 Å². The van der Waals surface area contributed by atoms with Crippen LogP contribution in [-0.2, 0) is 6.54 Å². The average Bonchev–Trinajstić information content (AvgIpc) is 2.40. The third-order valence-corrected chi connectivity index (χ3v) is 3.13. The molecule has 0 aliphatic heterocycles. The van der Waals surface area contributed by atoms with E-state index in [1.165, 1.54) is 12.1 Å². The van der Waals surface area contributed by atoms with Gasteiger partial charge in [-0.1, -0.05) is 15.9 Å². The van der Waals surface area contributed by atoms with E-state index in [2.05, 4.69) is 21.2 Å². The van der Waals surface area contributed by atoms with Crippen LogP contribution < -0.4 is 5.32 Å². The largest absolute Gasteiger partial charge is 0.375 e. The standard InChI is InChI=1S/C13H9BrF2N2O2/c14-9-1-4-12(13(6-9)18(19)20)17-7-8-5-10(15)2-3-11(8)16/h1-6,17H,7H2. The van der Waals surface area contributed by atoms with E-state index < -0.39 is 16.6 Å². The summed E-state index contributed by atoms with van der Waals surface area (Å²) in [5.41, 5.74) is 0.195. The van der Waals surface area contributed by atoms with Crippen LogP contribution in [0.2, 0.25) is 0 Å². The van der Waals surface area contributed by atoms with Crippen molar-refractivity contribution in [2.24, 2.45) is 0 Å². The molecule has 0 unspecified atom stereocenters. The maximum atomic E-state index is 13.4. The number of benzene rings is 2. The number of rotatable bonds is 4. The summed E-state index contributed by atoms with van der Waals surface area (Å²) in [5.74, 6) is -1.13. The van der Waals surface area contributed by atoms with E-state index in [4.69, 9.17) is 0 Å².